The summed E-state index contributed by atoms with van der Waals surface area (Å²) in [5, 5.41) is 13.2. The van der Waals surface area contributed by atoms with E-state index in [9.17, 15) is 18.3 Å². The molecule has 0 bridgehead atoms. The molecule has 0 radical (unpaired) electrons. The summed E-state index contributed by atoms with van der Waals surface area (Å²) < 4.78 is 46.4. The van der Waals surface area contributed by atoms with Crippen LogP contribution in [-0.4, -0.2) is 27.1 Å². The third-order valence-corrected chi connectivity index (χ3v) is 3.49. The fourth-order valence-electron chi connectivity index (χ4n) is 2.47. The first-order chi connectivity index (χ1) is 9.82. The Balaban J connectivity index is 2.16. The number of alkyl halides is 3. The van der Waals surface area contributed by atoms with Crippen molar-refractivity contribution in [3.8, 4) is 11.4 Å². The van der Waals surface area contributed by atoms with Crippen molar-refractivity contribution in [1.82, 2.24) is 9.78 Å². The fourth-order valence-corrected chi connectivity index (χ4v) is 2.47. The van der Waals surface area contributed by atoms with Crippen molar-refractivity contribution in [2.45, 2.75) is 25.1 Å². The summed E-state index contributed by atoms with van der Waals surface area (Å²) in [6.45, 7) is 1.40. The zero-order chi connectivity index (χ0) is 15.3. The second-order valence-electron chi connectivity index (χ2n) is 5.31. The van der Waals surface area contributed by atoms with E-state index in [-0.39, 0.29) is 18.0 Å². The lowest BCUT2D eigenvalue weighted by molar-refractivity contribution is -0.137. The highest BCUT2D eigenvalue weighted by molar-refractivity contribution is 5.54. The van der Waals surface area contributed by atoms with Gasteiger partial charge in [-0.1, -0.05) is 0 Å². The highest BCUT2D eigenvalue weighted by Crippen LogP contribution is 2.42. The molecule has 7 heteroatoms. The van der Waals surface area contributed by atoms with Gasteiger partial charge in [-0.25, -0.2) is 4.68 Å². The Bertz CT molecular complexity index is 668. The molecule has 0 amide bonds. The average Bonchev–Trinajstić information content (AvgIpc) is 3.02. The number of benzene rings is 1. The van der Waals surface area contributed by atoms with Gasteiger partial charge in [-0.2, -0.15) is 18.3 Å². The number of fused-ring (bicyclic) bond motifs is 1. The molecule has 1 aliphatic heterocycles. The number of hydrogen-bond donors (Lipinski definition) is 1. The normalized spacial score (nSPS) is 21.2. The molecule has 0 saturated heterocycles. The predicted molar refractivity (Wildman–Crippen MR) is 68.4 cm³/mol. The smallest absolute Gasteiger partial charge is 0.418 e. The van der Waals surface area contributed by atoms with Crippen molar-refractivity contribution >= 4 is 0 Å². The second-order valence-corrected chi connectivity index (χ2v) is 5.31. The molecule has 1 aromatic heterocycles. The molecule has 2 heterocycles. The van der Waals surface area contributed by atoms with Gasteiger partial charge in [0.05, 0.1) is 17.9 Å². The van der Waals surface area contributed by atoms with Gasteiger partial charge in [-0.3, -0.25) is 0 Å². The molecule has 1 aliphatic rings. The number of hydrogen-bond acceptors (Lipinski definition) is 3. The summed E-state index contributed by atoms with van der Waals surface area (Å²) in [6.07, 6.45) is -1.29. The van der Waals surface area contributed by atoms with Gasteiger partial charge >= 0.3 is 6.18 Å². The topological polar surface area (TPSA) is 47.3 Å². The predicted octanol–water partition coefficient (Wildman–Crippen LogP) is 2.58. The van der Waals surface area contributed by atoms with E-state index in [0.29, 0.717) is 12.0 Å². The maximum atomic E-state index is 13.2. The summed E-state index contributed by atoms with van der Waals surface area (Å²) in [7, 11) is 0. The molecular weight excluding hydrogens is 285 g/mol. The lowest BCUT2D eigenvalue weighted by atomic mass is 9.98. The molecule has 0 unspecified atom stereocenters. The van der Waals surface area contributed by atoms with Crippen molar-refractivity contribution in [2.75, 3.05) is 6.61 Å². The van der Waals surface area contributed by atoms with Crippen LogP contribution in [-0.2, 0) is 12.6 Å². The zero-order valence-corrected chi connectivity index (χ0v) is 11.2. The van der Waals surface area contributed by atoms with Gasteiger partial charge in [0.15, 0.2) is 0 Å². The molecule has 1 aromatic carbocycles. The van der Waals surface area contributed by atoms with Crippen LogP contribution in [0.3, 0.4) is 0 Å². The molecule has 1 atom stereocenters. The first-order valence-electron chi connectivity index (χ1n) is 6.36. The van der Waals surface area contributed by atoms with Crippen LogP contribution in [0.2, 0.25) is 0 Å². The number of ether oxygens (including phenoxy) is 1. The monoisotopic (exact) mass is 298 g/mol. The van der Waals surface area contributed by atoms with Crippen molar-refractivity contribution in [3.63, 3.8) is 0 Å². The van der Waals surface area contributed by atoms with E-state index >= 15 is 0 Å². The number of aliphatic hydroxyl groups is 1. The standard InChI is InChI=1S/C14H13F3N2O2/c1-13(8-20)7-9-5-11(19-4-2-3-18-19)10(14(15,16)17)6-12(9)21-13/h2-6,20H,7-8H2,1H3/t13-/m1/s1. The van der Waals surface area contributed by atoms with Crippen LogP contribution < -0.4 is 4.74 Å². The molecule has 112 valence electrons. The maximum Gasteiger partial charge on any atom is 0.418 e. The lowest BCUT2D eigenvalue weighted by Crippen LogP contribution is -2.34. The molecule has 4 nitrogen and oxygen atoms in total. The van der Waals surface area contributed by atoms with E-state index in [1.165, 1.54) is 23.1 Å². The third-order valence-electron chi connectivity index (χ3n) is 3.49. The third kappa shape index (κ3) is 2.37. The molecule has 2 aromatic rings. The molecule has 0 aliphatic carbocycles. The first kappa shape index (κ1) is 13.9. The number of aliphatic hydroxyl groups excluding tert-OH is 1. The Labute approximate surface area is 118 Å². The van der Waals surface area contributed by atoms with E-state index < -0.39 is 17.3 Å². The maximum absolute atomic E-state index is 13.2. The summed E-state index contributed by atoms with van der Waals surface area (Å²) >= 11 is 0. The average molecular weight is 298 g/mol. The molecule has 1 N–H and O–H groups in total. The van der Waals surface area contributed by atoms with Crippen molar-refractivity contribution in [3.05, 3.63) is 41.7 Å². The van der Waals surface area contributed by atoms with Crippen LogP contribution in [0.1, 0.15) is 18.1 Å². The fraction of sp³-hybridized carbons (Fsp3) is 0.357. The van der Waals surface area contributed by atoms with E-state index in [4.69, 9.17) is 4.74 Å². The minimum atomic E-state index is -4.52. The lowest BCUT2D eigenvalue weighted by Gasteiger charge is -2.20. The number of halogens is 3. The molecule has 0 saturated carbocycles. The first-order valence-corrected chi connectivity index (χ1v) is 6.36. The molecule has 21 heavy (non-hydrogen) atoms. The number of aromatic nitrogens is 2. The van der Waals surface area contributed by atoms with Crippen LogP contribution in [0.15, 0.2) is 30.6 Å². The van der Waals surface area contributed by atoms with Gasteiger partial charge in [0.2, 0.25) is 0 Å². The zero-order valence-electron chi connectivity index (χ0n) is 11.2. The van der Waals surface area contributed by atoms with Crippen LogP contribution in [0.25, 0.3) is 5.69 Å². The van der Waals surface area contributed by atoms with Crippen molar-refractivity contribution < 1.29 is 23.0 Å². The van der Waals surface area contributed by atoms with Gasteiger partial charge in [-0.15, -0.1) is 0 Å². The Morgan fingerprint density at radius 2 is 2.19 bits per heavy atom. The summed E-state index contributed by atoms with van der Waals surface area (Å²) in [5.41, 5.74) is -1.11. The summed E-state index contributed by atoms with van der Waals surface area (Å²) in [5.74, 6) is 0.162. The molecule has 3 rings (SSSR count). The Morgan fingerprint density at radius 1 is 1.43 bits per heavy atom. The van der Waals surface area contributed by atoms with E-state index in [1.807, 2.05) is 0 Å². The quantitative estimate of drug-likeness (QED) is 0.927. The van der Waals surface area contributed by atoms with Crippen LogP contribution in [0.4, 0.5) is 13.2 Å². The highest BCUT2D eigenvalue weighted by atomic mass is 19.4. The van der Waals surface area contributed by atoms with Crippen molar-refractivity contribution in [1.29, 1.82) is 0 Å². The van der Waals surface area contributed by atoms with Gasteiger partial charge in [0.1, 0.15) is 11.4 Å². The number of nitrogens with zero attached hydrogens (tertiary/aromatic N) is 2. The van der Waals surface area contributed by atoms with Crippen LogP contribution >= 0.6 is 0 Å². The Kier molecular flexibility index (Phi) is 2.98. The molecule has 0 fully saturated rings. The van der Waals surface area contributed by atoms with Crippen LogP contribution in [0, 0.1) is 0 Å². The second kappa shape index (κ2) is 4.49. The van der Waals surface area contributed by atoms with E-state index in [2.05, 4.69) is 5.10 Å². The largest absolute Gasteiger partial charge is 0.485 e. The van der Waals surface area contributed by atoms with Crippen molar-refractivity contribution in [2.24, 2.45) is 0 Å². The minimum absolute atomic E-state index is 0.0444. The van der Waals surface area contributed by atoms with E-state index in [0.717, 1.165) is 6.07 Å². The minimum Gasteiger partial charge on any atom is -0.485 e. The Hall–Kier alpha value is -2.02. The summed E-state index contributed by atoms with van der Waals surface area (Å²) in [6, 6.07) is 3.96. The van der Waals surface area contributed by atoms with Gasteiger partial charge < -0.3 is 9.84 Å². The van der Waals surface area contributed by atoms with Gasteiger partial charge in [0.25, 0.3) is 0 Å². The summed E-state index contributed by atoms with van der Waals surface area (Å²) in [4.78, 5) is 0. The Morgan fingerprint density at radius 3 is 2.76 bits per heavy atom. The van der Waals surface area contributed by atoms with Gasteiger partial charge in [-0.05, 0) is 25.1 Å². The molecule has 0 spiro atoms. The van der Waals surface area contributed by atoms with Crippen LogP contribution in [0.5, 0.6) is 5.75 Å². The SMILES string of the molecule is C[C@]1(CO)Cc2cc(-n3cccn3)c(C(F)(F)F)cc2O1. The van der Waals surface area contributed by atoms with E-state index in [1.54, 1.807) is 13.0 Å². The number of rotatable bonds is 2. The van der Waals surface area contributed by atoms with Gasteiger partial charge in [0, 0.05) is 24.4 Å². The molecular formula is C14H13F3N2O2. The highest BCUT2D eigenvalue weighted by Gasteiger charge is 2.40.